The second-order valence-electron chi connectivity index (χ2n) is 12.7. The van der Waals surface area contributed by atoms with Gasteiger partial charge in [-0.05, 0) is 84.7 Å². The van der Waals surface area contributed by atoms with Crippen molar-refractivity contribution in [2.45, 2.75) is 89.4 Å². The molecule has 2 saturated carbocycles. The minimum atomic E-state index is -0.630. The van der Waals surface area contributed by atoms with E-state index in [-0.39, 0.29) is 61.9 Å². The average Bonchev–Trinajstić information content (AvgIpc) is 3.77. The van der Waals surface area contributed by atoms with Crippen molar-refractivity contribution < 1.29 is 27.2 Å². The van der Waals surface area contributed by atoms with Crippen LogP contribution in [-0.4, -0.2) is 24.1 Å². The van der Waals surface area contributed by atoms with Crippen molar-refractivity contribution in [1.82, 2.24) is 21.3 Å². The molecule has 0 aliphatic heterocycles. The van der Waals surface area contributed by atoms with Crippen LogP contribution in [0.4, 0.5) is 27.2 Å². The highest BCUT2D eigenvalue weighted by Crippen LogP contribution is 2.31. The van der Waals surface area contributed by atoms with Crippen LogP contribution in [0.2, 0.25) is 0 Å². The lowest BCUT2D eigenvalue weighted by atomic mass is 9.92. The van der Waals surface area contributed by atoms with Gasteiger partial charge in [-0.2, -0.15) is 0 Å². The smallest absolute Gasteiger partial charge is 0.315 e. The summed E-state index contributed by atoms with van der Waals surface area (Å²) in [5.41, 5.74) is 2.43. The summed E-state index contributed by atoms with van der Waals surface area (Å²) in [5.74, 6) is -2.04. The minimum absolute atomic E-state index is 0.221. The molecular weight excluding hydrogens is 596 g/mol. The number of benzene rings is 3. The van der Waals surface area contributed by atoms with E-state index in [9.17, 15) is 27.2 Å². The Hall–Kier alpha value is -4.08. The van der Waals surface area contributed by atoms with Gasteiger partial charge in [0.2, 0.25) is 0 Å². The fourth-order valence-electron chi connectivity index (χ4n) is 6.89. The lowest BCUT2D eigenvalue weighted by molar-refractivity contribution is 0.229. The highest BCUT2D eigenvalue weighted by molar-refractivity contribution is 5.75. The first-order valence-electron chi connectivity index (χ1n) is 16.3. The van der Waals surface area contributed by atoms with Gasteiger partial charge in [0.25, 0.3) is 0 Å². The van der Waals surface area contributed by atoms with E-state index in [2.05, 4.69) is 21.3 Å². The summed E-state index contributed by atoms with van der Waals surface area (Å²) in [5, 5.41) is 11.8. The van der Waals surface area contributed by atoms with Gasteiger partial charge in [0.1, 0.15) is 23.3 Å². The van der Waals surface area contributed by atoms with Gasteiger partial charge in [0.05, 0.1) is 0 Å². The Morgan fingerprint density at radius 1 is 0.609 bits per heavy atom. The van der Waals surface area contributed by atoms with Gasteiger partial charge in [-0.1, -0.05) is 62.1 Å². The van der Waals surface area contributed by atoms with Crippen molar-refractivity contribution in [3.8, 4) is 0 Å². The Morgan fingerprint density at radius 2 is 1.02 bits per heavy atom. The van der Waals surface area contributed by atoms with Gasteiger partial charge < -0.3 is 21.3 Å². The van der Waals surface area contributed by atoms with Crippen LogP contribution in [0.1, 0.15) is 73.6 Å². The molecule has 5 rings (SSSR count). The summed E-state index contributed by atoms with van der Waals surface area (Å²) in [6, 6.07) is 13.3. The van der Waals surface area contributed by atoms with E-state index in [1.54, 1.807) is 0 Å². The van der Waals surface area contributed by atoms with Crippen molar-refractivity contribution in [2.24, 2.45) is 11.8 Å². The van der Waals surface area contributed by atoms with E-state index in [0.717, 1.165) is 74.6 Å². The molecule has 0 spiro atoms. The molecule has 46 heavy (non-hydrogen) atoms. The topological polar surface area (TPSA) is 82.3 Å². The SMILES string of the molecule is O=C(NCc1cccc(CNC(=O)NC(Cc2ccc(F)cc2F)C2CCCC2)c1)NC(Cc1ccc(F)cc1F)C1CCCC1. The molecule has 0 radical (unpaired) electrons. The summed E-state index contributed by atoms with van der Waals surface area (Å²) >= 11 is 0. The number of carbonyl (C=O) groups is 2. The molecule has 2 aliphatic rings. The van der Waals surface area contributed by atoms with E-state index < -0.39 is 23.3 Å². The second-order valence-corrected chi connectivity index (χ2v) is 12.7. The van der Waals surface area contributed by atoms with E-state index in [1.165, 1.54) is 24.3 Å². The molecule has 0 aromatic heterocycles. The Labute approximate surface area is 267 Å². The number of rotatable bonds is 12. The summed E-state index contributed by atoms with van der Waals surface area (Å²) < 4.78 is 55.6. The number of hydrogen-bond acceptors (Lipinski definition) is 2. The number of carbonyl (C=O) groups excluding carboxylic acids is 2. The maximum Gasteiger partial charge on any atom is 0.315 e. The number of urea groups is 2. The second kappa shape index (κ2) is 16.0. The van der Waals surface area contributed by atoms with Crippen molar-refractivity contribution in [3.05, 3.63) is 106 Å². The highest BCUT2D eigenvalue weighted by atomic mass is 19.1. The van der Waals surface area contributed by atoms with Crippen LogP contribution < -0.4 is 21.3 Å². The van der Waals surface area contributed by atoms with E-state index in [1.807, 2.05) is 24.3 Å². The molecule has 0 heterocycles. The van der Waals surface area contributed by atoms with Gasteiger partial charge >= 0.3 is 12.1 Å². The molecule has 6 nitrogen and oxygen atoms in total. The van der Waals surface area contributed by atoms with Crippen molar-refractivity contribution in [2.75, 3.05) is 0 Å². The fraction of sp³-hybridized carbons (Fsp3) is 0.444. The summed E-state index contributed by atoms with van der Waals surface area (Å²) in [6.07, 6.45) is 8.59. The molecule has 4 amide bonds. The van der Waals surface area contributed by atoms with Gasteiger partial charge in [-0.3, -0.25) is 0 Å². The molecule has 3 aromatic carbocycles. The zero-order valence-corrected chi connectivity index (χ0v) is 25.9. The van der Waals surface area contributed by atoms with Crippen LogP contribution in [0, 0.1) is 35.1 Å². The zero-order chi connectivity index (χ0) is 32.5. The highest BCUT2D eigenvalue weighted by Gasteiger charge is 2.29. The van der Waals surface area contributed by atoms with E-state index in [4.69, 9.17) is 0 Å². The Morgan fingerprint density at radius 3 is 1.41 bits per heavy atom. The number of amides is 4. The summed E-state index contributed by atoms with van der Waals surface area (Å²) in [6.45, 7) is 0.502. The van der Waals surface area contributed by atoms with E-state index in [0.29, 0.717) is 11.1 Å². The molecule has 2 atom stereocenters. The molecule has 10 heteroatoms. The fourth-order valence-corrected chi connectivity index (χ4v) is 6.89. The number of hydrogen-bond donors (Lipinski definition) is 4. The minimum Gasteiger partial charge on any atom is -0.335 e. The maximum atomic E-state index is 14.4. The molecule has 4 N–H and O–H groups in total. The lowest BCUT2D eigenvalue weighted by Gasteiger charge is -2.25. The summed E-state index contributed by atoms with van der Waals surface area (Å²) in [4.78, 5) is 25.8. The normalized spacial score (nSPS) is 16.6. The first-order valence-corrected chi connectivity index (χ1v) is 16.3. The van der Waals surface area contributed by atoms with Crippen LogP contribution >= 0.6 is 0 Å². The van der Waals surface area contributed by atoms with Crippen LogP contribution in [0.3, 0.4) is 0 Å². The molecule has 3 aromatic rings. The van der Waals surface area contributed by atoms with Crippen LogP contribution in [0.5, 0.6) is 0 Å². The van der Waals surface area contributed by atoms with Gasteiger partial charge in [-0.25, -0.2) is 27.2 Å². The van der Waals surface area contributed by atoms with Crippen LogP contribution in [-0.2, 0) is 25.9 Å². The number of halogens is 4. The monoisotopic (exact) mass is 638 g/mol. The standard InChI is InChI=1S/C36H42F4N4O2/c37-29-14-12-27(31(39)19-29)17-33(25-8-1-2-9-25)43-35(45)41-21-23-6-5-7-24(16-23)22-42-36(46)44-34(26-10-3-4-11-26)18-28-13-15-30(38)20-32(28)40/h5-7,12-16,19-20,25-26,33-34H,1-4,8-11,17-18,21-22H2,(H2,41,43,45)(H2,42,44,46). The summed E-state index contributed by atoms with van der Waals surface area (Å²) in [7, 11) is 0. The first-order chi connectivity index (χ1) is 22.2. The maximum absolute atomic E-state index is 14.4. The Balaban J connectivity index is 1.12. The third-order valence-corrected chi connectivity index (χ3v) is 9.38. The molecule has 2 unspecified atom stereocenters. The van der Waals surface area contributed by atoms with Crippen LogP contribution in [0.15, 0.2) is 60.7 Å². The quantitative estimate of drug-likeness (QED) is 0.156. The largest absolute Gasteiger partial charge is 0.335 e. The van der Waals surface area contributed by atoms with Crippen molar-refractivity contribution >= 4 is 12.1 Å². The Kier molecular flexibility index (Phi) is 11.5. The molecule has 2 fully saturated rings. The Bertz CT molecular complexity index is 1380. The molecule has 246 valence electrons. The van der Waals surface area contributed by atoms with Crippen LogP contribution in [0.25, 0.3) is 0 Å². The van der Waals surface area contributed by atoms with E-state index >= 15 is 0 Å². The predicted octanol–water partition coefficient (Wildman–Crippen LogP) is 7.44. The number of nitrogens with one attached hydrogen (secondary N) is 4. The molecule has 0 saturated heterocycles. The molecular formula is C36H42F4N4O2. The van der Waals surface area contributed by atoms with Gasteiger partial charge in [0.15, 0.2) is 0 Å². The third kappa shape index (κ3) is 9.47. The molecule has 2 aliphatic carbocycles. The van der Waals surface area contributed by atoms with Gasteiger partial charge in [0, 0.05) is 37.3 Å². The molecule has 0 bridgehead atoms. The zero-order valence-electron chi connectivity index (χ0n) is 25.9. The van der Waals surface area contributed by atoms with Crippen molar-refractivity contribution in [3.63, 3.8) is 0 Å². The first kappa shape index (κ1) is 33.3. The lowest BCUT2D eigenvalue weighted by Crippen LogP contribution is -2.46. The predicted molar refractivity (Wildman–Crippen MR) is 169 cm³/mol. The average molecular weight is 639 g/mol. The van der Waals surface area contributed by atoms with Crippen molar-refractivity contribution in [1.29, 1.82) is 0 Å². The third-order valence-electron chi connectivity index (χ3n) is 9.38. The van der Waals surface area contributed by atoms with Gasteiger partial charge in [-0.15, -0.1) is 0 Å².